The van der Waals surface area contributed by atoms with Crippen LogP contribution in [-0.2, 0) is 28.9 Å². The largest absolute Gasteiger partial charge is 0.481 e. The topological polar surface area (TPSA) is 80.0 Å². The number of benzene rings is 1. The van der Waals surface area contributed by atoms with Crippen molar-refractivity contribution in [1.29, 1.82) is 5.41 Å². The van der Waals surface area contributed by atoms with Crippen molar-refractivity contribution < 1.29 is 9.53 Å². The maximum Gasteiger partial charge on any atom is 0.222 e. The highest BCUT2D eigenvalue weighted by Gasteiger charge is 2.27. The van der Waals surface area contributed by atoms with E-state index in [1.54, 1.807) is 11.3 Å². The number of carbonyl (C=O) groups is 1. The second-order valence-electron chi connectivity index (χ2n) is 8.24. The van der Waals surface area contributed by atoms with E-state index in [-0.39, 0.29) is 23.8 Å². The van der Waals surface area contributed by atoms with Crippen LogP contribution in [0.4, 0.5) is 0 Å². The Kier molecular flexibility index (Phi) is 5.64. The highest BCUT2D eigenvalue weighted by Crippen LogP contribution is 2.34. The van der Waals surface area contributed by atoms with Crippen molar-refractivity contribution in [3.8, 4) is 0 Å². The number of hydrogen-bond acceptors (Lipinski definition) is 5. The van der Waals surface area contributed by atoms with Crippen molar-refractivity contribution in [1.82, 2.24) is 14.9 Å². The van der Waals surface area contributed by atoms with Gasteiger partial charge in [-0.3, -0.25) is 10.2 Å². The number of hydrogen-bond donors (Lipinski definition) is 2. The monoisotopic (exact) mass is 424 g/mol. The first-order valence-electron chi connectivity index (χ1n) is 10.4. The Morgan fingerprint density at radius 1 is 1.43 bits per heavy atom. The zero-order chi connectivity index (χ0) is 21.4. The first kappa shape index (κ1) is 20.6. The van der Waals surface area contributed by atoms with E-state index in [2.05, 4.69) is 32.4 Å². The highest BCUT2D eigenvalue weighted by molar-refractivity contribution is 7.09. The molecule has 1 aromatic carbocycles. The van der Waals surface area contributed by atoms with Gasteiger partial charge in [0.15, 0.2) is 0 Å². The van der Waals surface area contributed by atoms with Gasteiger partial charge in [-0.1, -0.05) is 13.8 Å². The molecule has 2 heterocycles. The minimum absolute atomic E-state index is 0.0191. The summed E-state index contributed by atoms with van der Waals surface area (Å²) in [5.74, 6) is 0.246. The number of ether oxygens (including phenoxy) is 1. The Bertz CT molecular complexity index is 1110. The van der Waals surface area contributed by atoms with Crippen LogP contribution in [0, 0.1) is 18.3 Å². The van der Waals surface area contributed by atoms with Gasteiger partial charge in [-0.2, -0.15) is 0 Å². The van der Waals surface area contributed by atoms with E-state index < -0.39 is 0 Å². The van der Waals surface area contributed by atoms with Gasteiger partial charge in [-0.05, 0) is 49.9 Å². The van der Waals surface area contributed by atoms with Gasteiger partial charge in [0.1, 0.15) is 0 Å². The van der Waals surface area contributed by atoms with Crippen molar-refractivity contribution in [2.45, 2.75) is 52.6 Å². The van der Waals surface area contributed by atoms with E-state index in [1.165, 1.54) is 18.4 Å². The third-order valence-corrected chi connectivity index (χ3v) is 6.61. The molecule has 0 bridgehead atoms. The summed E-state index contributed by atoms with van der Waals surface area (Å²) < 4.78 is 7.51. The average Bonchev–Trinajstić information content (AvgIpc) is 3.28. The Labute approximate surface area is 180 Å². The van der Waals surface area contributed by atoms with Crippen LogP contribution >= 0.6 is 11.3 Å². The standard InChI is InChI=1S/C23H28N4O2S/c1-13(2)23(28)26-16-6-8-21-19(10-16)18-9-15(22(24)29-4)5-7-20(18)27(21)11-17-12-30-14(3)25-17/h5,7,9,12-13,16,24H,6,8,10-11H2,1-4H3,(H,26,28)/t16-/m1/s1. The maximum atomic E-state index is 12.2. The van der Waals surface area contributed by atoms with Crippen LogP contribution in [0.1, 0.15) is 47.8 Å². The van der Waals surface area contributed by atoms with Gasteiger partial charge in [0.05, 0.1) is 24.4 Å². The molecular weight excluding hydrogens is 396 g/mol. The van der Waals surface area contributed by atoms with Crippen LogP contribution in [0.2, 0.25) is 0 Å². The van der Waals surface area contributed by atoms with Gasteiger partial charge in [0.2, 0.25) is 11.8 Å². The number of carbonyl (C=O) groups excluding carboxylic acids is 1. The predicted molar refractivity (Wildman–Crippen MR) is 121 cm³/mol. The molecule has 0 aliphatic heterocycles. The van der Waals surface area contributed by atoms with Gasteiger partial charge in [-0.25, -0.2) is 4.98 Å². The van der Waals surface area contributed by atoms with Crippen LogP contribution in [0.5, 0.6) is 0 Å². The molecule has 0 unspecified atom stereocenters. The lowest BCUT2D eigenvalue weighted by Crippen LogP contribution is -2.41. The second-order valence-corrected chi connectivity index (χ2v) is 9.30. The summed E-state index contributed by atoms with van der Waals surface area (Å²) in [7, 11) is 1.52. The predicted octanol–water partition coefficient (Wildman–Crippen LogP) is 4.06. The summed E-state index contributed by atoms with van der Waals surface area (Å²) in [4.78, 5) is 16.9. The third kappa shape index (κ3) is 3.86. The third-order valence-electron chi connectivity index (χ3n) is 5.79. The smallest absolute Gasteiger partial charge is 0.222 e. The van der Waals surface area contributed by atoms with Gasteiger partial charge in [0.25, 0.3) is 0 Å². The molecule has 4 rings (SSSR count). The van der Waals surface area contributed by atoms with Crippen LogP contribution < -0.4 is 5.32 Å². The van der Waals surface area contributed by atoms with Crippen molar-refractivity contribution in [2.75, 3.05) is 7.11 Å². The molecular formula is C23H28N4O2S. The van der Waals surface area contributed by atoms with Gasteiger partial charge < -0.3 is 14.6 Å². The molecule has 0 saturated heterocycles. The Morgan fingerprint density at radius 2 is 2.23 bits per heavy atom. The first-order chi connectivity index (χ1) is 14.4. The van der Waals surface area contributed by atoms with E-state index in [4.69, 9.17) is 10.1 Å². The number of aromatic nitrogens is 2. The number of nitrogens with zero attached hydrogens (tertiary/aromatic N) is 2. The molecule has 3 aromatic rings. The van der Waals surface area contributed by atoms with Gasteiger partial charge in [-0.15, -0.1) is 11.3 Å². The SMILES string of the molecule is COC(=N)c1ccc2c(c1)c1c(n2Cc2csc(C)n2)CC[C@@H](NC(=O)C(C)C)C1. The van der Waals surface area contributed by atoms with Crippen LogP contribution in [-0.4, -0.2) is 34.5 Å². The van der Waals surface area contributed by atoms with E-state index in [0.717, 1.165) is 53.0 Å². The van der Waals surface area contributed by atoms with Crippen LogP contribution in [0.15, 0.2) is 23.6 Å². The van der Waals surface area contributed by atoms with E-state index in [0.29, 0.717) is 0 Å². The number of aryl methyl sites for hydroxylation is 1. The van der Waals surface area contributed by atoms with Gasteiger partial charge >= 0.3 is 0 Å². The number of rotatable bonds is 5. The van der Waals surface area contributed by atoms with Crippen molar-refractivity contribution in [3.63, 3.8) is 0 Å². The van der Waals surface area contributed by atoms with Gasteiger partial charge in [0, 0.05) is 39.5 Å². The van der Waals surface area contributed by atoms with E-state index >= 15 is 0 Å². The Morgan fingerprint density at radius 3 is 2.90 bits per heavy atom. The molecule has 2 aromatic heterocycles. The average molecular weight is 425 g/mol. The summed E-state index contributed by atoms with van der Waals surface area (Å²) in [5, 5.41) is 15.6. The molecule has 0 radical (unpaired) electrons. The lowest BCUT2D eigenvalue weighted by Gasteiger charge is -2.25. The molecule has 1 amide bonds. The highest BCUT2D eigenvalue weighted by atomic mass is 32.1. The van der Waals surface area contributed by atoms with Crippen molar-refractivity contribution >= 4 is 34.0 Å². The maximum absolute atomic E-state index is 12.2. The summed E-state index contributed by atoms with van der Waals surface area (Å²) in [6.07, 6.45) is 2.64. The molecule has 30 heavy (non-hydrogen) atoms. The minimum atomic E-state index is -0.0191. The number of nitrogens with one attached hydrogen (secondary N) is 2. The summed E-state index contributed by atoms with van der Waals surface area (Å²) in [6.45, 7) is 6.62. The van der Waals surface area contributed by atoms with E-state index in [1.807, 2.05) is 26.8 Å². The molecule has 0 fully saturated rings. The Hall–Kier alpha value is -2.67. The first-order valence-corrected chi connectivity index (χ1v) is 11.2. The molecule has 0 saturated carbocycles. The van der Waals surface area contributed by atoms with Crippen LogP contribution in [0.3, 0.4) is 0 Å². The summed E-state index contributed by atoms with van der Waals surface area (Å²) in [5.41, 5.74) is 5.56. The molecule has 2 N–H and O–H groups in total. The zero-order valence-electron chi connectivity index (χ0n) is 17.9. The number of methoxy groups -OCH3 is 1. The van der Waals surface area contributed by atoms with E-state index in [9.17, 15) is 4.79 Å². The molecule has 7 heteroatoms. The van der Waals surface area contributed by atoms with Crippen molar-refractivity contribution in [3.05, 3.63) is 51.1 Å². The number of fused-ring (bicyclic) bond motifs is 3. The molecule has 6 nitrogen and oxygen atoms in total. The van der Waals surface area contributed by atoms with Crippen molar-refractivity contribution in [2.24, 2.45) is 5.92 Å². The molecule has 1 atom stereocenters. The molecule has 1 aliphatic rings. The normalized spacial score (nSPS) is 16.0. The second kappa shape index (κ2) is 8.22. The molecule has 0 spiro atoms. The fourth-order valence-corrected chi connectivity index (χ4v) is 4.83. The Balaban J connectivity index is 1.77. The molecule has 1 aliphatic carbocycles. The summed E-state index contributed by atoms with van der Waals surface area (Å²) in [6, 6.07) is 6.21. The minimum Gasteiger partial charge on any atom is -0.481 e. The lowest BCUT2D eigenvalue weighted by molar-refractivity contribution is -0.124. The quantitative estimate of drug-likeness (QED) is 0.479. The number of thiazole rings is 1. The fraction of sp³-hybridized carbons (Fsp3) is 0.435. The fourth-order valence-electron chi connectivity index (χ4n) is 4.22. The van der Waals surface area contributed by atoms with Crippen LogP contribution in [0.25, 0.3) is 10.9 Å². The zero-order valence-corrected chi connectivity index (χ0v) is 18.7. The number of amides is 1. The lowest BCUT2D eigenvalue weighted by atomic mass is 9.90. The summed E-state index contributed by atoms with van der Waals surface area (Å²) >= 11 is 1.67. The molecule has 158 valence electrons.